The summed E-state index contributed by atoms with van der Waals surface area (Å²) in [5, 5.41) is 8.98. The van der Waals surface area contributed by atoms with Gasteiger partial charge in [-0.25, -0.2) is 4.79 Å². The number of esters is 1. The third kappa shape index (κ3) is 2.72. The van der Waals surface area contributed by atoms with Crippen LogP contribution in [0.1, 0.15) is 38.5 Å². The van der Waals surface area contributed by atoms with Crippen LogP contribution in [0.3, 0.4) is 0 Å². The van der Waals surface area contributed by atoms with Crippen molar-refractivity contribution in [3.63, 3.8) is 0 Å². The molecule has 1 aliphatic carbocycles. The van der Waals surface area contributed by atoms with Crippen LogP contribution in [-0.2, 0) is 14.3 Å². The lowest BCUT2D eigenvalue weighted by Crippen LogP contribution is -2.58. The van der Waals surface area contributed by atoms with E-state index in [1.165, 1.54) is 7.11 Å². The summed E-state index contributed by atoms with van der Waals surface area (Å²) in [5.41, 5.74) is 4.95. The molecule has 0 radical (unpaired) electrons. The highest BCUT2D eigenvalue weighted by Crippen LogP contribution is 2.48. The number of methoxy groups -OCH3 is 1. The van der Waals surface area contributed by atoms with E-state index in [9.17, 15) is 9.59 Å². The molecular formula is C11H18ClNO4. The highest BCUT2D eigenvalue weighted by Gasteiger charge is 2.55. The Hall–Kier alpha value is -0.810. The molecule has 0 aliphatic heterocycles. The van der Waals surface area contributed by atoms with Gasteiger partial charge in [0.05, 0.1) is 13.5 Å². The second-order valence-corrected chi connectivity index (χ2v) is 5.21. The Labute approximate surface area is 105 Å². The predicted molar refractivity (Wildman–Crippen MR) is 62.6 cm³/mol. The first kappa shape index (κ1) is 14.3. The zero-order chi connectivity index (χ0) is 13.1. The number of halogens is 1. The number of hydrogen-bond acceptors (Lipinski definition) is 4. The van der Waals surface area contributed by atoms with E-state index in [0.29, 0.717) is 12.8 Å². The van der Waals surface area contributed by atoms with Crippen molar-refractivity contribution in [3.05, 3.63) is 0 Å². The second kappa shape index (κ2) is 5.23. The zero-order valence-corrected chi connectivity index (χ0v) is 10.6. The molecule has 1 atom stereocenters. The Morgan fingerprint density at radius 3 is 2.35 bits per heavy atom. The molecular weight excluding hydrogens is 246 g/mol. The number of nitrogens with two attached hydrogens (primary N) is 1. The van der Waals surface area contributed by atoms with E-state index in [2.05, 4.69) is 4.74 Å². The Morgan fingerprint density at radius 2 is 1.94 bits per heavy atom. The summed E-state index contributed by atoms with van der Waals surface area (Å²) in [6.45, 7) is 0. The lowest BCUT2D eigenvalue weighted by Gasteiger charge is -2.44. The van der Waals surface area contributed by atoms with Crippen molar-refractivity contribution in [1.29, 1.82) is 0 Å². The van der Waals surface area contributed by atoms with Gasteiger partial charge in [0.1, 0.15) is 0 Å². The fourth-order valence-corrected chi connectivity index (χ4v) is 2.89. The molecule has 5 nitrogen and oxygen atoms in total. The molecule has 0 amide bonds. The molecule has 1 fully saturated rings. The molecule has 6 heteroatoms. The van der Waals surface area contributed by atoms with Gasteiger partial charge in [-0.05, 0) is 12.8 Å². The van der Waals surface area contributed by atoms with Gasteiger partial charge in [-0.3, -0.25) is 4.79 Å². The molecule has 0 saturated heterocycles. The van der Waals surface area contributed by atoms with E-state index in [-0.39, 0.29) is 6.42 Å². The summed E-state index contributed by atoms with van der Waals surface area (Å²) in [7, 11) is 1.20. The van der Waals surface area contributed by atoms with Crippen LogP contribution >= 0.6 is 11.6 Å². The first-order chi connectivity index (χ1) is 7.85. The van der Waals surface area contributed by atoms with Crippen molar-refractivity contribution in [2.24, 2.45) is 11.1 Å². The summed E-state index contributed by atoms with van der Waals surface area (Å²) >= 11 is 6.11. The summed E-state index contributed by atoms with van der Waals surface area (Å²) in [6.07, 6.45) is 3.53. The minimum absolute atomic E-state index is 0.206. The van der Waals surface area contributed by atoms with Gasteiger partial charge >= 0.3 is 11.9 Å². The lowest BCUT2D eigenvalue weighted by atomic mass is 9.66. The first-order valence-corrected chi connectivity index (χ1v) is 6.01. The van der Waals surface area contributed by atoms with Gasteiger partial charge in [-0.15, -0.1) is 0 Å². The third-order valence-corrected chi connectivity index (χ3v) is 4.11. The standard InChI is InChI=1S/C11H18ClNO4/c1-17-9(16)11(12,13)10(7-8(14)15)5-3-2-4-6-10/h2-7,13H2,1H3,(H,14,15). The third-order valence-electron chi connectivity index (χ3n) is 3.55. The number of rotatable bonds is 4. The van der Waals surface area contributed by atoms with Crippen LogP contribution in [0.4, 0.5) is 0 Å². The van der Waals surface area contributed by atoms with Crippen LogP contribution in [0, 0.1) is 5.41 Å². The molecule has 0 aromatic heterocycles. The first-order valence-electron chi connectivity index (χ1n) is 5.64. The van der Waals surface area contributed by atoms with Gasteiger partial charge in [-0.2, -0.15) is 0 Å². The average Bonchev–Trinajstić information content (AvgIpc) is 2.28. The molecule has 1 saturated carbocycles. The number of ether oxygens (including phenoxy) is 1. The molecule has 1 aliphatic rings. The number of hydrogen-bond donors (Lipinski definition) is 2. The Kier molecular flexibility index (Phi) is 4.38. The van der Waals surface area contributed by atoms with Crippen LogP contribution < -0.4 is 5.73 Å². The Morgan fingerprint density at radius 1 is 1.41 bits per heavy atom. The fourth-order valence-electron chi connectivity index (χ4n) is 2.55. The Balaban J connectivity index is 3.03. The van der Waals surface area contributed by atoms with E-state index < -0.39 is 22.4 Å². The predicted octanol–water partition coefficient (Wildman–Crippen LogP) is 1.48. The maximum absolute atomic E-state index is 11.6. The molecule has 1 rings (SSSR count). The quantitative estimate of drug-likeness (QED) is 0.456. The number of carbonyl (C=O) groups is 2. The SMILES string of the molecule is COC(=O)C(N)(Cl)C1(CC(=O)O)CCCCC1. The van der Waals surface area contributed by atoms with Crippen molar-refractivity contribution in [2.45, 2.75) is 43.5 Å². The van der Waals surface area contributed by atoms with E-state index in [1.54, 1.807) is 0 Å². The number of aliphatic carboxylic acids is 1. The monoisotopic (exact) mass is 263 g/mol. The molecule has 0 aromatic rings. The molecule has 0 aromatic carbocycles. The maximum Gasteiger partial charge on any atom is 0.342 e. The van der Waals surface area contributed by atoms with E-state index in [4.69, 9.17) is 22.4 Å². The summed E-state index contributed by atoms with van der Waals surface area (Å²) in [5.74, 6) is -1.76. The van der Waals surface area contributed by atoms with E-state index in [0.717, 1.165) is 19.3 Å². The van der Waals surface area contributed by atoms with Crippen molar-refractivity contribution in [3.8, 4) is 0 Å². The number of carboxylic acid groups (broad SMARTS) is 1. The van der Waals surface area contributed by atoms with Crippen molar-refractivity contribution in [2.75, 3.05) is 7.11 Å². The minimum atomic E-state index is -1.76. The minimum Gasteiger partial charge on any atom is -0.481 e. The van der Waals surface area contributed by atoms with Crippen LogP contribution in [0.2, 0.25) is 0 Å². The number of alkyl halides is 1. The highest BCUT2D eigenvalue weighted by molar-refractivity contribution is 6.34. The van der Waals surface area contributed by atoms with Crippen LogP contribution in [0.25, 0.3) is 0 Å². The lowest BCUT2D eigenvalue weighted by molar-refractivity contribution is -0.152. The van der Waals surface area contributed by atoms with Crippen LogP contribution in [-0.4, -0.2) is 29.2 Å². The molecule has 1 unspecified atom stereocenters. The van der Waals surface area contributed by atoms with Gasteiger partial charge in [0.15, 0.2) is 5.00 Å². The molecule has 0 spiro atoms. The second-order valence-electron chi connectivity index (χ2n) is 4.61. The van der Waals surface area contributed by atoms with Gasteiger partial charge in [-0.1, -0.05) is 30.9 Å². The fraction of sp³-hybridized carbons (Fsp3) is 0.818. The smallest absolute Gasteiger partial charge is 0.342 e. The normalized spacial score (nSPS) is 22.5. The topological polar surface area (TPSA) is 89.6 Å². The maximum atomic E-state index is 11.6. The van der Waals surface area contributed by atoms with Gasteiger partial charge in [0, 0.05) is 5.41 Å². The van der Waals surface area contributed by atoms with E-state index >= 15 is 0 Å². The molecule has 0 bridgehead atoms. The van der Waals surface area contributed by atoms with Crippen molar-refractivity contribution < 1.29 is 19.4 Å². The van der Waals surface area contributed by atoms with E-state index in [1.807, 2.05) is 0 Å². The molecule has 98 valence electrons. The summed E-state index contributed by atoms with van der Waals surface area (Å²) in [6, 6.07) is 0. The Bertz CT molecular complexity index is 311. The number of carbonyl (C=O) groups excluding carboxylic acids is 1. The number of carboxylic acids is 1. The molecule has 17 heavy (non-hydrogen) atoms. The van der Waals surface area contributed by atoms with Crippen molar-refractivity contribution >= 4 is 23.5 Å². The molecule has 0 heterocycles. The molecule has 3 N–H and O–H groups in total. The average molecular weight is 264 g/mol. The summed E-state index contributed by atoms with van der Waals surface area (Å²) in [4.78, 5) is 20.8. The zero-order valence-electron chi connectivity index (χ0n) is 9.87. The van der Waals surface area contributed by atoms with Gasteiger partial charge < -0.3 is 15.6 Å². The van der Waals surface area contributed by atoms with Crippen molar-refractivity contribution in [1.82, 2.24) is 0 Å². The highest BCUT2D eigenvalue weighted by atomic mass is 35.5. The van der Waals surface area contributed by atoms with Gasteiger partial charge in [0.2, 0.25) is 0 Å². The van der Waals surface area contributed by atoms with Crippen LogP contribution in [0.15, 0.2) is 0 Å². The van der Waals surface area contributed by atoms with Gasteiger partial charge in [0.25, 0.3) is 0 Å². The summed E-state index contributed by atoms with van der Waals surface area (Å²) < 4.78 is 4.59. The largest absolute Gasteiger partial charge is 0.481 e. The van der Waals surface area contributed by atoms with Crippen LogP contribution in [0.5, 0.6) is 0 Å².